The maximum atomic E-state index is 5.95. The molecule has 0 aliphatic carbocycles. The number of anilines is 2. The van der Waals surface area contributed by atoms with Crippen LogP contribution in [0.3, 0.4) is 0 Å². The molecule has 1 aliphatic heterocycles. The molecule has 0 bridgehead atoms. The summed E-state index contributed by atoms with van der Waals surface area (Å²) in [6.07, 6.45) is 3.68. The van der Waals surface area contributed by atoms with E-state index in [0.717, 1.165) is 19.6 Å². The molecule has 6 heteroatoms. The lowest BCUT2D eigenvalue weighted by Crippen LogP contribution is -2.32. The van der Waals surface area contributed by atoms with Crippen LogP contribution in [-0.2, 0) is 0 Å². The van der Waals surface area contributed by atoms with E-state index in [0.29, 0.717) is 11.9 Å². The zero-order chi connectivity index (χ0) is 12.3. The predicted molar refractivity (Wildman–Crippen MR) is 69.8 cm³/mol. The third-order valence-corrected chi connectivity index (χ3v) is 3.21. The van der Waals surface area contributed by atoms with Crippen molar-refractivity contribution < 1.29 is 0 Å². The van der Waals surface area contributed by atoms with Gasteiger partial charge in [-0.15, -0.1) is 0 Å². The number of aromatic nitrogens is 3. The molecule has 1 aromatic heterocycles. The van der Waals surface area contributed by atoms with Gasteiger partial charge in [-0.05, 0) is 37.8 Å². The van der Waals surface area contributed by atoms with Crippen LogP contribution >= 0.6 is 11.6 Å². The van der Waals surface area contributed by atoms with E-state index in [1.165, 1.54) is 19.3 Å². The lowest BCUT2D eigenvalue weighted by Gasteiger charge is -2.27. The SMILES string of the molecule is CCN(C)c1nc(Cl)nc(N2CCCCC2)n1. The van der Waals surface area contributed by atoms with Crippen molar-refractivity contribution in [3.8, 4) is 0 Å². The Bertz CT molecular complexity index is 378. The van der Waals surface area contributed by atoms with Gasteiger partial charge in [0.1, 0.15) is 0 Å². The number of hydrogen-bond acceptors (Lipinski definition) is 5. The van der Waals surface area contributed by atoms with Crippen LogP contribution < -0.4 is 9.80 Å². The molecule has 1 fully saturated rings. The first kappa shape index (κ1) is 12.4. The van der Waals surface area contributed by atoms with Crippen LogP contribution in [0.5, 0.6) is 0 Å². The number of piperidine rings is 1. The molecule has 5 nitrogen and oxygen atoms in total. The van der Waals surface area contributed by atoms with Gasteiger partial charge in [0.05, 0.1) is 0 Å². The zero-order valence-electron chi connectivity index (χ0n) is 10.4. The summed E-state index contributed by atoms with van der Waals surface area (Å²) in [4.78, 5) is 17.0. The van der Waals surface area contributed by atoms with Gasteiger partial charge in [-0.2, -0.15) is 15.0 Å². The van der Waals surface area contributed by atoms with E-state index in [2.05, 4.69) is 26.8 Å². The second kappa shape index (κ2) is 5.49. The molecule has 1 saturated heterocycles. The Balaban J connectivity index is 2.24. The molecule has 0 atom stereocenters. The molecule has 1 aliphatic rings. The minimum Gasteiger partial charge on any atom is -0.344 e. The minimum atomic E-state index is 0.274. The van der Waals surface area contributed by atoms with Crippen LogP contribution in [0.15, 0.2) is 0 Å². The quantitative estimate of drug-likeness (QED) is 0.826. The lowest BCUT2D eigenvalue weighted by molar-refractivity contribution is 0.567. The Kier molecular flexibility index (Phi) is 3.99. The largest absolute Gasteiger partial charge is 0.344 e. The molecule has 1 aromatic rings. The molecular formula is C11H18ClN5. The number of nitrogens with zero attached hydrogens (tertiary/aromatic N) is 5. The fourth-order valence-electron chi connectivity index (χ4n) is 1.88. The van der Waals surface area contributed by atoms with Gasteiger partial charge in [-0.25, -0.2) is 0 Å². The van der Waals surface area contributed by atoms with Crippen molar-refractivity contribution in [3.05, 3.63) is 5.28 Å². The van der Waals surface area contributed by atoms with Crippen molar-refractivity contribution in [1.29, 1.82) is 0 Å². The van der Waals surface area contributed by atoms with E-state index in [9.17, 15) is 0 Å². The highest BCUT2D eigenvalue weighted by Gasteiger charge is 2.16. The van der Waals surface area contributed by atoms with Crippen LogP contribution in [0.1, 0.15) is 26.2 Å². The van der Waals surface area contributed by atoms with Crippen molar-refractivity contribution >= 4 is 23.5 Å². The van der Waals surface area contributed by atoms with Gasteiger partial charge in [0.25, 0.3) is 0 Å². The Morgan fingerprint density at radius 1 is 1.18 bits per heavy atom. The van der Waals surface area contributed by atoms with Gasteiger partial charge < -0.3 is 9.80 Å². The Morgan fingerprint density at radius 3 is 2.53 bits per heavy atom. The number of halogens is 1. The highest BCUT2D eigenvalue weighted by Crippen LogP contribution is 2.19. The highest BCUT2D eigenvalue weighted by atomic mass is 35.5. The average Bonchev–Trinajstić information content (AvgIpc) is 2.38. The van der Waals surface area contributed by atoms with Gasteiger partial charge in [0.15, 0.2) is 0 Å². The molecule has 0 saturated carbocycles. The monoisotopic (exact) mass is 255 g/mol. The average molecular weight is 256 g/mol. The van der Waals surface area contributed by atoms with Crippen molar-refractivity contribution in [1.82, 2.24) is 15.0 Å². The maximum absolute atomic E-state index is 5.95. The first-order valence-electron chi connectivity index (χ1n) is 6.08. The Labute approximate surface area is 107 Å². The molecule has 0 N–H and O–H groups in total. The van der Waals surface area contributed by atoms with Crippen LogP contribution in [0.4, 0.5) is 11.9 Å². The summed E-state index contributed by atoms with van der Waals surface area (Å²) in [7, 11) is 1.95. The fraction of sp³-hybridized carbons (Fsp3) is 0.727. The van der Waals surface area contributed by atoms with E-state index in [1.54, 1.807) is 0 Å². The number of hydrogen-bond donors (Lipinski definition) is 0. The Hall–Kier alpha value is -1.10. The summed E-state index contributed by atoms with van der Waals surface area (Å²) < 4.78 is 0. The first-order valence-corrected chi connectivity index (χ1v) is 6.46. The molecule has 2 rings (SSSR count). The fourth-order valence-corrected chi connectivity index (χ4v) is 2.03. The minimum absolute atomic E-state index is 0.274. The van der Waals surface area contributed by atoms with Gasteiger partial charge in [0.2, 0.25) is 17.2 Å². The molecular weight excluding hydrogens is 238 g/mol. The third kappa shape index (κ3) is 2.97. The summed E-state index contributed by atoms with van der Waals surface area (Å²) in [5.74, 6) is 1.35. The molecule has 0 amide bonds. The van der Waals surface area contributed by atoms with E-state index in [1.807, 2.05) is 11.9 Å². The molecule has 0 radical (unpaired) electrons. The molecule has 0 aromatic carbocycles. The normalized spacial score (nSPS) is 16.1. The molecule has 2 heterocycles. The maximum Gasteiger partial charge on any atom is 0.231 e. The summed E-state index contributed by atoms with van der Waals surface area (Å²) in [6, 6.07) is 0. The summed E-state index contributed by atoms with van der Waals surface area (Å²) in [5, 5.41) is 0.274. The van der Waals surface area contributed by atoms with Crippen LogP contribution in [0.25, 0.3) is 0 Å². The van der Waals surface area contributed by atoms with Crippen molar-refractivity contribution in [2.45, 2.75) is 26.2 Å². The van der Waals surface area contributed by atoms with Crippen molar-refractivity contribution in [3.63, 3.8) is 0 Å². The third-order valence-electron chi connectivity index (χ3n) is 3.04. The van der Waals surface area contributed by atoms with Gasteiger partial charge in [0, 0.05) is 26.7 Å². The van der Waals surface area contributed by atoms with E-state index >= 15 is 0 Å². The van der Waals surface area contributed by atoms with Crippen molar-refractivity contribution in [2.75, 3.05) is 36.5 Å². The van der Waals surface area contributed by atoms with Gasteiger partial charge in [-0.1, -0.05) is 0 Å². The summed E-state index contributed by atoms with van der Waals surface area (Å²) >= 11 is 5.95. The van der Waals surface area contributed by atoms with E-state index in [4.69, 9.17) is 11.6 Å². The van der Waals surface area contributed by atoms with Gasteiger partial charge in [-0.3, -0.25) is 0 Å². The first-order chi connectivity index (χ1) is 8.20. The standard InChI is InChI=1S/C11H18ClN5/c1-3-16(2)10-13-9(12)14-11(15-10)17-7-5-4-6-8-17/h3-8H2,1-2H3. The van der Waals surface area contributed by atoms with Gasteiger partial charge >= 0.3 is 0 Å². The smallest absolute Gasteiger partial charge is 0.231 e. The van der Waals surface area contributed by atoms with Crippen LogP contribution in [0.2, 0.25) is 5.28 Å². The molecule has 0 unspecified atom stereocenters. The van der Waals surface area contributed by atoms with Crippen molar-refractivity contribution in [2.24, 2.45) is 0 Å². The second-order valence-electron chi connectivity index (χ2n) is 4.27. The summed E-state index contributed by atoms with van der Waals surface area (Å²) in [5.41, 5.74) is 0. The van der Waals surface area contributed by atoms with E-state index in [-0.39, 0.29) is 5.28 Å². The molecule has 17 heavy (non-hydrogen) atoms. The Morgan fingerprint density at radius 2 is 1.88 bits per heavy atom. The second-order valence-corrected chi connectivity index (χ2v) is 4.60. The van der Waals surface area contributed by atoms with Crippen LogP contribution in [-0.4, -0.2) is 41.6 Å². The number of rotatable bonds is 3. The summed E-state index contributed by atoms with van der Waals surface area (Å²) in [6.45, 7) is 4.92. The highest BCUT2D eigenvalue weighted by molar-refractivity contribution is 6.28. The zero-order valence-corrected chi connectivity index (χ0v) is 11.1. The topological polar surface area (TPSA) is 45.2 Å². The van der Waals surface area contributed by atoms with Crippen LogP contribution in [0, 0.1) is 0 Å². The molecule has 0 spiro atoms. The predicted octanol–water partition coefficient (Wildman–Crippen LogP) is 1.97. The van der Waals surface area contributed by atoms with E-state index < -0.39 is 0 Å². The lowest BCUT2D eigenvalue weighted by atomic mass is 10.1. The molecule has 94 valence electrons.